The van der Waals surface area contributed by atoms with Gasteiger partial charge in [-0.3, -0.25) is 9.59 Å². The average Bonchev–Trinajstić information content (AvgIpc) is 2.59. The van der Waals surface area contributed by atoms with E-state index in [9.17, 15) is 9.59 Å². The summed E-state index contributed by atoms with van der Waals surface area (Å²) in [6.45, 7) is 3.22. The topological polar surface area (TPSA) is 37.4 Å². The minimum atomic E-state index is 0.164. The van der Waals surface area contributed by atoms with Gasteiger partial charge in [0.2, 0.25) is 5.91 Å². The van der Waals surface area contributed by atoms with Crippen LogP contribution in [0.5, 0.6) is 0 Å². The van der Waals surface area contributed by atoms with Crippen molar-refractivity contribution in [2.45, 2.75) is 45.4 Å². The SMILES string of the molecule is CC1CC(=O)N(CC(=O)C2CCCCC2)C1. The van der Waals surface area contributed by atoms with Crippen LogP contribution < -0.4 is 0 Å². The third-order valence-corrected chi connectivity index (χ3v) is 3.82. The molecule has 3 heteroatoms. The molecule has 3 nitrogen and oxygen atoms in total. The van der Waals surface area contributed by atoms with Crippen LogP contribution in [0.4, 0.5) is 0 Å². The summed E-state index contributed by atoms with van der Waals surface area (Å²) >= 11 is 0. The molecule has 1 saturated carbocycles. The molecule has 1 aliphatic carbocycles. The summed E-state index contributed by atoms with van der Waals surface area (Å²) in [5.41, 5.74) is 0. The number of Topliss-reactive ketones (excluding diaryl/α,β-unsaturated/α-hetero) is 1. The fourth-order valence-corrected chi connectivity index (χ4v) is 2.86. The van der Waals surface area contributed by atoms with Crippen LogP contribution in [0, 0.1) is 11.8 Å². The molecule has 90 valence electrons. The van der Waals surface area contributed by atoms with E-state index in [2.05, 4.69) is 6.92 Å². The Labute approximate surface area is 97.2 Å². The van der Waals surface area contributed by atoms with E-state index in [4.69, 9.17) is 0 Å². The Morgan fingerprint density at radius 2 is 2.00 bits per heavy atom. The summed E-state index contributed by atoms with van der Waals surface area (Å²) in [5, 5.41) is 0. The van der Waals surface area contributed by atoms with E-state index in [0.29, 0.717) is 24.7 Å². The lowest BCUT2D eigenvalue weighted by atomic mass is 9.86. The lowest BCUT2D eigenvalue weighted by Gasteiger charge is -2.23. The standard InChI is InChI=1S/C13H21NO2/c1-10-7-13(16)14(8-10)9-12(15)11-5-3-2-4-6-11/h10-11H,2-9H2,1H3. The number of likely N-dealkylation sites (tertiary alicyclic amines) is 1. The van der Waals surface area contributed by atoms with Gasteiger partial charge in [0.1, 0.15) is 0 Å². The predicted octanol–water partition coefficient (Wildman–Crippen LogP) is 2.00. The average molecular weight is 223 g/mol. The third-order valence-electron chi connectivity index (χ3n) is 3.82. The molecule has 1 atom stereocenters. The fraction of sp³-hybridized carbons (Fsp3) is 0.846. The summed E-state index contributed by atoms with van der Waals surface area (Å²) < 4.78 is 0. The van der Waals surface area contributed by atoms with E-state index >= 15 is 0 Å². The van der Waals surface area contributed by atoms with Crippen LogP contribution in [0.1, 0.15) is 45.4 Å². The number of rotatable bonds is 3. The highest BCUT2D eigenvalue weighted by Crippen LogP contribution is 2.25. The van der Waals surface area contributed by atoms with Crippen LogP contribution in [0.2, 0.25) is 0 Å². The summed E-state index contributed by atoms with van der Waals surface area (Å²) in [6.07, 6.45) is 6.33. The predicted molar refractivity (Wildman–Crippen MR) is 61.9 cm³/mol. The van der Waals surface area contributed by atoms with Crippen molar-refractivity contribution in [3.63, 3.8) is 0 Å². The van der Waals surface area contributed by atoms with Gasteiger partial charge in [-0.25, -0.2) is 0 Å². The molecule has 0 aromatic heterocycles. The van der Waals surface area contributed by atoms with Crippen molar-refractivity contribution in [1.82, 2.24) is 4.90 Å². The zero-order valence-electron chi connectivity index (χ0n) is 10.1. The van der Waals surface area contributed by atoms with Crippen LogP contribution in [0.3, 0.4) is 0 Å². The maximum Gasteiger partial charge on any atom is 0.223 e. The second-order valence-corrected chi connectivity index (χ2v) is 5.38. The number of carbonyl (C=O) groups excluding carboxylic acids is 2. The smallest absolute Gasteiger partial charge is 0.223 e. The molecule has 0 bridgehead atoms. The van der Waals surface area contributed by atoms with Gasteiger partial charge in [-0.05, 0) is 18.8 Å². The molecule has 1 amide bonds. The Morgan fingerprint density at radius 3 is 2.56 bits per heavy atom. The van der Waals surface area contributed by atoms with Crippen molar-refractivity contribution >= 4 is 11.7 Å². The van der Waals surface area contributed by atoms with Crippen molar-refractivity contribution in [1.29, 1.82) is 0 Å². The lowest BCUT2D eigenvalue weighted by Crippen LogP contribution is -2.35. The molecule has 0 radical (unpaired) electrons. The molecule has 2 rings (SSSR count). The van der Waals surface area contributed by atoms with Crippen LogP contribution in [0.15, 0.2) is 0 Å². The van der Waals surface area contributed by atoms with Crippen molar-refractivity contribution in [3.8, 4) is 0 Å². The minimum absolute atomic E-state index is 0.164. The van der Waals surface area contributed by atoms with Crippen molar-refractivity contribution in [2.75, 3.05) is 13.1 Å². The van der Waals surface area contributed by atoms with Gasteiger partial charge in [0.05, 0.1) is 6.54 Å². The number of amides is 1. The molecule has 1 saturated heterocycles. The van der Waals surface area contributed by atoms with E-state index in [1.807, 2.05) is 0 Å². The van der Waals surface area contributed by atoms with Gasteiger partial charge < -0.3 is 4.90 Å². The Morgan fingerprint density at radius 1 is 1.31 bits per heavy atom. The first kappa shape index (κ1) is 11.6. The van der Waals surface area contributed by atoms with Gasteiger partial charge in [0.25, 0.3) is 0 Å². The molecule has 0 aromatic carbocycles. The molecular weight excluding hydrogens is 202 g/mol. The van der Waals surface area contributed by atoms with Crippen molar-refractivity contribution in [2.24, 2.45) is 11.8 Å². The summed E-state index contributed by atoms with van der Waals surface area (Å²) in [5.74, 6) is 1.11. The summed E-state index contributed by atoms with van der Waals surface area (Å²) in [6, 6.07) is 0. The third kappa shape index (κ3) is 2.63. The summed E-state index contributed by atoms with van der Waals surface area (Å²) in [4.78, 5) is 25.3. The molecule has 0 N–H and O–H groups in total. The molecule has 0 spiro atoms. The maximum atomic E-state index is 12.0. The Hall–Kier alpha value is -0.860. The zero-order chi connectivity index (χ0) is 11.5. The molecule has 1 heterocycles. The lowest BCUT2D eigenvalue weighted by molar-refractivity contribution is -0.134. The Balaban J connectivity index is 1.84. The minimum Gasteiger partial charge on any atom is -0.335 e. The molecule has 2 aliphatic rings. The van der Waals surface area contributed by atoms with Crippen molar-refractivity contribution < 1.29 is 9.59 Å². The van der Waals surface area contributed by atoms with E-state index < -0.39 is 0 Å². The van der Waals surface area contributed by atoms with Crippen molar-refractivity contribution in [3.05, 3.63) is 0 Å². The van der Waals surface area contributed by atoms with Crippen LogP contribution in [-0.2, 0) is 9.59 Å². The number of hydrogen-bond donors (Lipinski definition) is 0. The first-order valence-electron chi connectivity index (χ1n) is 6.47. The van der Waals surface area contributed by atoms with E-state index in [-0.39, 0.29) is 11.8 Å². The summed E-state index contributed by atoms with van der Waals surface area (Å²) in [7, 11) is 0. The van der Waals surface area contributed by atoms with E-state index in [1.165, 1.54) is 19.3 Å². The van der Waals surface area contributed by atoms with Crippen LogP contribution >= 0.6 is 0 Å². The number of ketones is 1. The van der Waals surface area contributed by atoms with Gasteiger partial charge in [-0.15, -0.1) is 0 Å². The first-order valence-corrected chi connectivity index (χ1v) is 6.47. The maximum absolute atomic E-state index is 12.0. The molecule has 1 unspecified atom stereocenters. The van der Waals surface area contributed by atoms with Gasteiger partial charge in [-0.2, -0.15) is 0 Å². The Bertz CT molecular complexity index is 282. The van der Waals surface area contributed by atoms with Gasteiger partial charge in [-0.1, -0.05) is 26.2 Å². The monoisotopic (exact) mass is 223 g/mol. The molecular formula is C13H21NO2. The fourth-order valence-electron chi connectivity index (χ4n) is 2.86. The number of hydrogen-bond acceptors (Lipinski definition) is 2. The number of nitrogens with zero attached hydrogens (tertiary/aromatic N) is 1. The largest absolute Gasteiger partial charge is 0.335 e. The molecule has 2 fully saturated rings. The van der Waals surface area contributed by atoms with Gasteiger partial charge in [0, 0.05) is 18.9 Å². The number of carbonyl (C=O) groups is 2. The normalized spacial score (nSPS) is 27.4. The highest BCUT2D eigenvalue weighted by Gasteiger charge is 2.30. The highest BCUT2D eigenvalue weighted by molar-refractivity contribution is 5.88. The molecule has 0 aromatic rings. The highest BCUT2D eigenvalue weighted by atomic mass is 16.2. The van der Waals surface area contributed by atoms with Crippen LogP contribution in [0.25, 0.3) is 0 Å². The quantitative estimate of drug-likeness (QED) is 0.734. The molecule has 16 heavy (non-hydrogen) atoms. The molecule has 1 aliphatic heterocycles. The second-order valence-electron chi connectivity index (χ2n) is 5.38. The van der Waals surface area contributed by atoms with Gasteiger partial charge in [0.15, 0.2) is 5.78 Å². The Kier molecular flexibility index (Phi) is 3.62. The second kappa shape index (κ2) is 4.98. The first-order chi connectivity index (χ1) is 7.66. The van der Waals surface area contributed by atoms with E-state index in [0.717, 1.165) is 19.4 Å². The van der Waals surface area contributed by atoms with E-state index in [1.54, 1.807) is 4.90 Å². The zero-order valence-corrected chi connectivity index (χ0v) is 10.1. The van der Waals surface area contributed by atoms with Crippen LogP contribution in [-0.4, -0.2) is 29.7 Å². The van der Waals surface area contributed by atoms with Gasteiger partial charge >= 0.3 is 0 Å².